The molecule has 0 amide bonds. The van der Waals surface area contributed by atoms with Gasteiger partial charge < -0.3 is 64.4 Å². The van der Waals surface area contributed by atoms with Gasteiger partial charge in [0.1, 0.15) is 0 Å². The van der Waals surface area contributed by atoms with E-state index in [9.17, 15) is 43.2 Å². The lowest BCUT2D eigenvalue weighted by Gasteiger charge is -2.21. The standard InChI is InChI=1S/C42H72N4O18/c47-34(48)10-22-43(23-11-35(49)50)19-4-1-7-31-62-40(59)16-28-46(29-17-41(60)63-32-8-2-5-20-44(24-12-36(51)52)25-13-37(53)54)30-18-42(61)64-33-9-3-6-21-45(26-14-38(55)56)27-15-39(57)58/h1-33H2,(H,47,48)(H,49,50)(H,51,52)(H,53,54)(H,55,56)(H,57,58). The van der Waals surface area contributed by atoms with Gasteiger partial charge in [-0.1, -0.05) is 0 Å². The summed E-state index contributed by atoms with van der Waals surface area (Å²) in [6.07, 6.45) is 4.90. The summed E-state index contributed by atoms with van der Waals surface area (Å²) in [4.78, 5) is 111. The summed E-state index contributed by atoms with van der Waals surface area (Å²) in [5.74, 6) is -7.27. The number of aliphatic carboxylic acids is 6. The Morgan fingerprint density at radius 1 is 0.250 bits per heavy atom. The van der Waals surface area contributed by atoms with Crippen molar-refractivity contribution in [1.82, 2.24) is 19.6 Å². The highest BCUT2D eigenvalue weighted by atomic mass is 16.5. The highest BCUT2D eigenvalue weighted by molar-refractivity contribution is 5.71. The van der Waals surface area contributed by atoms with Gasteiger partial charge in [0, 0.05) is 58.9 Å². The van der Waals surface area contributed by atoms with Crippen LogP contribution in [-0.2, 0) is 57.4 Å². The van der Waals surface area contributed by atoms with E-state index in [0.717, 1.165) is 0 Å². The first-order valence-corrected chi connectivity index (χ1v) is 22.1. The molecule has 0 heterocycles. The fourth-order valence-corrected chi connectivity index (χ4v) is 6.23. The van der Waals surface area contributed by atoms with Crippen molar-refractivity contribution in [3.8, 4) is 0 Å². The molecular formula is C42H72N4O18. The molecule has 6 N–H and O–H groups in total. The van der Waals surface area contributed by atoms with Gasteiger partial charge in [0.25, 0.3) is 0 Å². The molecule has 0 aliphatic heterocycles. The van der Waals surface area contributed by atoms with E-state index < -0.39 is 53.7 Å². The quantitative estimate of drug-likeness (QED) is 0.0290. The van der Waals surface area contributed by atoms with Crippen molar-refractivity contribution in [2.45, 2.75) is 116 Å². The molecule has 0 unspecified atom stereocenters. The Kier molecular flexibility index (Phi) is 35.6. The maximum absolute atomic E-state index is 12.6. The molecule has 0 rings (SSSR count). The van der Waals surface area contributed by atoms with E-state index in [2.05, 4.69) is 0 Å². The van der Waals surface area contributed by atoms with Crippen LogP contribution in [0.15, 0.2) is 0 Å². The van der Waals surface area contributed by atoms with E-state index in [0.29, 0.717) is 77.4 Å². The molecule has 0 aliphatic carbocycles. The van der Waals surface area contributed by atoms with E-state index in [1.54, 1.807) is 19.6 Å². The first kappa shape index (κ1) is 59.1. The molecule has 0 aromatic carbocycles. The molecule has 0 atom stereocenters. The molecular weight excluding hydrogens is 848 g/mol. The smallest absolute Gasteiger partial charge is 0.307 e. The van der Waals surface area contributed by atoms with Crippen LogP contribution in [0.3, 0.4) is 0 Å². The van der Waals surface area contributed by atoms with Crippen LogP contribution in [0.1, 0.15) is 116 Å². The first-order chi connectivity index (χ1) is 30.5. The van der Waals surface area contributed by atoms with Gasteiger partial charge in [0.15, 0.2) is 0 Å². The van der Waals surface area contributed by atoms with E-state index in [1.165, 1.54) is 0 Å². The SMILES string of the molecule is O=C(O)CCN(CCCCCOC(=O)CCN(CCC(=O)OCCCCCN(CCC(=O)O)CCC(=O)O)CCC(=O)OCCCCCN(CCC(=O)O)CCC(=O)O)CCC(=O)O. The number of nitrogens with zero attached hydrogens (tertiary/aromatic N) is 4. The highest BCUT2D eigenvalue weighted by Gasteiger charge is 2.16. The van der Waals surface area contributed by atoms with Gasteiger partial charge in [-0.15, -0.1) is 0 Å². The average molecular weight is 921 g/mol. The van der Waals surface area contributed by atoms with E-state index >= 15 is 0 Å². The molecule has 0 saturated heterocycles. The summed E-state index contributed by atoms with van der Waals surface area (Å²) < 4.78 is 16.1. The summed E-state index contributed by atoms with van der Waals surface area (Å²) in [5.41, 5.74) is 0. The third-order valence-electron chi connectivity index (χ3n) is 9.89. The minimum Gasteiger partial charge on any atom is -0.481 e. The Bertz CT molecular complexity index is 1180. The molecule has 0 aromatic rings. The van der Waals surface area contributed by atoms with Crippen LogP contribution in [0.5, 0.6) is 0 Å². The van der Waals surface area contributed by atoms with Crippen LogP contribution in [0, 0.1) is 0 Å². The van der Waals surface area contributed by atoms with Crippen molar-refractivity contribution in [3.63, 3.8) is 0 Å². The number of rotatable bonds is 45. The largest absolute Gasteiger partial charge is 0.481 e. The molecule has 22 nitrogen and oxygen atoms in total. The second kappa shape index (κ2) is 38.5. The predicted octanol–water partition coefficient (Wildman–Crippen LogP) is 2.35. The zero-order valence-corrected chi connectivity index (χ0v) is 37.2. The lowest BCUT2D eigenvalue weighted by Crippen LogP contribution is -2.32. The van der Waals surface area contributed by atoms with Crippen LogP contribution in [0.25, 0.3) is 0 Å². The molecule has 0 radical (unpaired) electrons. The first-order valence-electron chi connectivity index (χ1n) is 22.1. The summed E-state index contributed by atoms with van der Waals surface area (Å²) >= 11 is 0. The summed E-state index contributed by atoms with van der Waals surface area (Å²) in [6.45, 7) is 3.90. The molecule has 22 heteroatoms. The Morgan fingerprint density at radius 3 is 0.641 bits per heavy atom. The van der Waals surface area contributed by atoms with E-state index in [1.807, 2.05) is 0 Å². The normalized spacial score (nSPS) is 11.2. The monoisotopic (exact) mass is 920 g/mol. The number of carbonyl (C=O) groups excluding carboxylic acids is 3. The van der Waals surface area contributed by atoms with Gasteiger partial charge in [-0.05, 0) is 77.4 Å². The summed E-state index contributed by atoms with van der Waals surface area (Å²) in [7, 11) is 0. The third-order valence-corrected chi connectivity index (χ3v) is 9.89. The maximum atomic E-state index is 12.6. The number of hydrogen-bond acceptors (Lipinski definition) is 16. The van der Waals surface area contributed by atoms with Gasteiger partial charge >= 0.3 is 53.7 Å². The molecule has 0 spiro atoms. The van der Waals surface area contributed by atoms with Gasteiger partial charge in [0.05, 0.1) is 77.6 Å². The summed E-state index contributed by atoms with van der Waals surface area (Å²) in [6, 6.07) is 0. The second-order valence-electron chi connectivity index (χ2n) is 15.3. The Balaban J connectivity index is 4.93. The van der Waals surface area contributed by atoms with Crippen LogP contribution in [-0.4, -0.2) is 202 Å². The number of unbranched alkanes of at least 4 members (excludes halogenated alkanes) is 6. The Morgan fingerprint density at radius 2 is 0.438 bits per heavy atom. The number of ether oxygens (including phenoxy) is 3. The fraction of sp³-hybridized carbons (Fsp3) is 0.786. The molecule has 64 heavy (non-hydrogen) atoms. The zero-order valence-electron chi connectivity index (χ0n) is 37.2. The van der Waals surface area contributed by atoms with Crippen LogP contribution in [0.2, 0.25) is 0 Å². The lowest BCUT2D eigenvalue weighted by molar-refractivity contribution is -0.145. The molecule has 0 aliphatic rings. The van der Waals surface area contributed by atoms with Crippen molar-refractivity contribution in [2.24, 2.45) is 0 Å². The van der Waals surface area contributed by atoms with Gasteiger partial charge in [0.2, 0.25) is 0 Å². The molecule has 0 fully saturated rings. The molecule has 0 bridgehead atoms. The maximum Gasteiger partial charge on any atom is 0.307 e. The average Bonchev–Trinajstić information content (AvgIpc) is 3.22. The zero-order chi connectivity index (χ0) is 48.0. The van der Waals surface area contributed by atoms with E-state index in [-0.39, 0.29) is 137 Å². The van der Waals surface area contributed by atoms with Crippen LogP contribution < -0.4 is 0 Å². The lowest BCUT2D eigenvalue weighted by atomic mass is 10.2. The second-order valence-corrected chi connectivity index (χ2v) is 15.3. The molecule has 0 aromatic heterocycles. The number of carboxylic acid groups (broad SMARTS) is 6. The number of carbonyl (C=O) groups is 9. The number of esters is 3. The Hall–Kier alpha value is -4.93. The van der Waals surface area contributed by atoms with Crippen LogP contribution in [0.4, 0.5) is 0 Å². The minimum absolute atomic E-state index is 0.0197. The number of carboxylic acids is 6. The van der Waals surface area contributed by atoms with Gasteiger partial charge in [-0.25, -0.2) is 0 Å². The van der Waals surface area contributed by atoms with Crippen LogP contribution >= 0.6 is 0 Å². The van der Waals surface area contributed by atoms with Crippen molar-refractivity contribution in [2.75, 3.05) is 98.4 Å². The van der Waals surface area contributed by atoms with Crippen molar-refractivity contribution in [3.05, 3.63) is 0 Å². The van der Waals surface area contributed by atoms with Gasteiger partial charge in [-0.3, -0.25) is 43.2 Å². The summed E-state index contributed by atoms with van der Waals surface area (Å²) in [5, 5.41) is 53.8. The highest BCUT2D eigenvalue weighted by Crippen LogP contribution is 2.08. The Labute approximate surface area is 374 Å². The minimum atomic E-state index is -0.972. The topological polar surface area (TPSA) is 316 Å². The molecule has 368 valence electrons. The predicted molar refractivity (Wildman–Crippen MR) is 228 cm³/mol. The fourth-order valence-electron chi connectivity index (χ4n) is 6.23. The molecule has 0 saturated carbocycles. The van der Waals surface area contributed by atoms with Gasteiger partial charge in [-0.2, -0.15) is 0 Å². The van der Waals surface area contributed by atoms with Crippen molar-refractivity contribution < 1.29 is 88.0 Å². The third kappa shape index (κ3) is 39.9. The van der Waals surface area contributed by atoms with E-state index in [4.69, 9.17) is 44.8 Å². The van der Waals surface area contributed by atoms with Crippen molar-refractivity contribution >= 4 is 53.7 Å². The van der Waals surface area contributed by atoms with Crippen molar-refractivity contribution in [1.29, 1.82) is 0 Å². The number of hydrogen-bond donors (Lipinski definition) is 6.